The van der Waals surface area contributed by atoms with Crippen LogP contribution in [-0.2, 0) is 5.75 Å². The number of hydrogen-bond acceptors (Lipinski definition) is 4. The lowest BCUT2D eigenvalue weighted by Gasteiger charge is -2.07. The largest absolute Gasteiger partial charge is 0.305 e. The lowest BCUT2D eigenvalue weighted by atomic mass is 10.1. The quantitative estimate of drug-likeness (QED) is 0.464. The fourth-order valence-corrected chi connectivity index (χ4v) is 2.28. The van der Waals surface area contributed by atoms with Crippen LogP contribution >= 0.6 is 24.4 Å². The highest BCUT2D eigenvalue weighted by atomic mass is 32.2. The van der Waals surface area contributed by atoms with Crippen LogP contribution in [0.15, 0.2) is 24.3 Å². The molecule has 0 aromatic heterocycles. The molecular weight excluding hydrogens is 236 g/mol. The van der Waals surface area contributed by atoms with Crippen LogP contribution in [0.2, 0.25) is 0 Å². The Balaban J connectivity index is 2.30. The average Bonchev–Trinajstić information content (AvgIpc) is 2.29. The van der Waals surface area contributed by atoms with Crippen LogP contribution in [0.25, 0.3) is 0 Å². The summed E-state index contributed by atoms with van der Waals surface area (Å²) in [5.41, 5.74) is 1.90. The molecule has 0 heterocycles. The van der Waals surface area contributed by atoms with Crippen molar-refractivity contribution in [1.29, 1.82) is 5.26 Å². The van der Waals surface area contributed by atoms with Gasteiger partial charge in [0.25, 0.3) is 0 Å². The molecule has 0 aliphatic rings. The number of rotatable bonds is 6. The minimum Gasteiger partial charge on any atom is -0.305 e. The molecule has 0 aliphatic heterocycles. The van der Waals surface area contributed by atoms with E-state index in [2.05, 4.69) is 24.0 Å². The molecule has 16 heavy (non-hydrogen) atoms. The molecular formula is C12H16N2S2. The highest BCUT2D eigenvalue weighted by Gasteiger charge is 2.00. The number of nitrogens with one attached hydrogen (secondary N) is 1. The summed E-state index contributed by atoms with van der Waals surface area (Å²) in [7, 11) is 0. The Kier molecular flexibility index (Phi) is 6.39. The Labute approximate surface area is 107 Å². The van der Waals surface area contributed by atoms with Gasteiger partial charge in [0.05, 0.1) is 11.6 Å². The standard InChI is InChI=1S/C12H16N2S2/c1-10(15)14-6-7-16-9-12-5-3-2-4-11(12)8-13/h2-5,10,14-15H,6-7,9H2,1H3. The fraction of sp³-hybridized carbons (Fsp3) is 0.417. The molecule has 0 fully saturated rings. The van der Waals surface area contributed by atoms with Gasteiger partial charge in [0, 0.05) is 23.4 Å². The van der Waals surface area contributed by atoms with Crippen molar-refractivity contribution in [2.24, 2.45) is 0 Å². The van der Waals surface area contributed by atoms with Crippen molar-refractivity contribution in [1.82, 2.24) is 5.32 Å². The van der Waals surface area contributed by atoms with Crippen molar-refractivity contribution in [3.63, 3.8) is 0 Å². The topological polar surface area (TPSA) is 35.8 Å². The fourth-order valence-electron chi connectivity index (χ4n) is 1.28. The maximum absolute atomic E-state index is 8.91. The zero-order valence-electron chi connectivity index (χ0n) is 9.31. The summed E-state index contributed by atoms with van der Waals surface area (Å²) >= 11 is 6.07. The van der Waals surface area contributed by atoms with Crippen molar-refractivity contribution in [2.45, 2.75) is 18.1 Å². The molecule has 0 bridgehead atoms. The number of thioether (sulfide) groups is 1. The van der Waals surface area contributed by atoms with E-state index in [1.54, 1.807) is 0 Å². The third-order valence-electron chi connectivity index (χ3n) is 2.08. The van der Waals surface area contributed by atoms with Crippen molar-refractivity contribution >= 4 is 24.4 Å². The van der Waals surface area contributed by atoms with Crippen molar-refractivity contribution in [3.8, 4) is 6.07 Å². The van der Waals surface area contributed by atoms with Crippen LogP contribution in [0, 0.1) is 11.3 Å². The summed E-state index contributed by atoms with van der Waals surface area (Å²) in [6.07, 6.45) is 0. The summed E-state index contributed by atoms with van der Waals surface area (Å²) in [6.45, 7) is 2.96. The molecule has 0 spiro atoms. The first-order valence-corrected chi connectivity index (χ1v) is 6.88. The van der Waals surface area contributed by atoms with E-state index >= 15 is 0 Å². The Morgan fingerprint density at radius 2 is 2.25 bits per heavy atom. The zero-order chi connectivity index (χ0) is 11.8. The van der Waals surface area contributed by atoms with E-state index in [0.717, 1.165) is 29.2 Å². The molecule has 1 rings (SSSR count). The SMILES string of the molecule is CC(S)NCCSCc1ccccc1C#N. The minimum absolute atomic E-state index is 0.243. The molecule has 2 nitrogen and oxygen atoms in total. The molecule has 1 unspecified atom stereocenters. The third-order valence-corrected chi connectivity index (χ3v) is 3.27. The molecule has 0 amide bonds. The van der Waals surface area contributed by atoms with E-state index in [1.807, 2.05) is 43.0 Å². The van der Waals surface area contributed by atoms with Crippen LogP contribution in [0.4, 0.5) is 0 Å². The second kappa shape index (κ2) is 7.61. The van der Waals surface area contributed by atoms with Gasteiger partial charge in [0.1, 0.15) is 0 Å². The van der Waals surface area contributed by atoms with Gasteiger partial charge in [0.15, 0.2) is 0 Å². The highest BCUT2D eigenvalue weighted by Crippen LogP contribution is 2.15. The maximum Gasteiger partial charge on any atom is 0.0994 e. The molecule has 0 radical (unpaired) electrons. The van der Waals surface area contributed by atoms with Crippen molar-refractivity contribution < 1.29 is 0 Å². The number of nitrogens with zero attached hydrogens (tertiary/aromatic N) is 1. The van der Waals surface area contributed by atoms with E-state index in [-0.39, 0.29) is 5.37 Å². The first kappa shape index (κ1) is 13.4. The molecule has 0 aliphatic carbocycles. The zero-order valence-corrected chi connectivity index (χ0v) is 11.0. The van der Waals surface area contributed by atoms with Gasteiger partial charge < -0.3 is 5.32 Å². The van der Waals surface area contributed by atoms with Crippen LogP contribution in [-0.4, -0.2) is 17.7 Å². The van der Waals surface area contributed by atoms with Gasteiger partial charge >= 0.3 is 0 Å². The van der Waals surface area contributed by atoms with E-state index in [4.69, 9.17) is 5.26 Å². The van der Waals surface area contributed by atoms with E-state index in [1.165, 1.54) is 0 Å². The Morgan fingerprint density at radius 1 is 1.50 bits per heavy atom. The minimum atomic E-state index is 0.243. The van der Waals surface area contributed by atoms with Gasteiger partial charge in [0.2, 0.25) is 0 Å². The number of nitriles is 1. The lowest BCUT2D eigenvalue weighted by Crippen LogP contribution is -2.23. The third kappa shape index (κ3) is 4.93. The Hall–Kier alpha value is -0.630. The number of benzene rings is 1. The van der Waals surface area contributed by atoms with Crippen molar-refractivity contribution in [2.75, 3.05) is 12.3 Å². The first-order valence-electron chi connectivity index (χ1n) is 5.21. The Bertz CT molecular complexity index is 358. The second-order valence-electron chi connectivity index (χ2n) is 3.45. The maximum atomic E-state index is 8.91. The Morgan fingerprint density at radius 3 is 2.94 bits per heavy atom. The van der Waals surface area contributed by atoms with Gasteiger partial charge in [-0.05, 0) is 18.6 Å². The number of hydrogen-bond donors (Lipinski definition) is 2. The van der Waals surface area contributed by atoms with Crippen LogP contribution in [0.1, 0.15) is 18.1 Å². The van der Waals surface area contributed by atoms with Gasteiger partial charge in [-0.1, -0.05) is 18.2 Å². The lowest BCUT2D eigenvalue weighted by molar-refractivity contribution is 0.729. The molecule has 1 atom stereocenters. The summed E-state index contributed by atoms with van der Waals surface area (Å²) in [6, 6.07) is 9.97. The van der Waals surface area contributed by atoms with Crippen LogP contribution < -0.4 is 5.32 Å². The van der Waals surface area contributed by atoms with E-state index in [0.29, 0.717) is 0 Å². The van der Waals surface area contributed by atoms with E-state index in [9.17, 15) is 0 Å². The highest BCUT2D eigenvalue weighted by molar-refractivity contribution is 7.98. The molecule has 1 N–H and O–H groups in total. The molecule has 4 heteroatoms. The smallest absolute Gasteiger partial charge is 0.0994 e. The van der Waals surface area contributed by atoms with Gasteiger partial charge in [-0.25, -0.2) is 0 Å². The van der Waals surface area contributed by atoms with E-state index < -0.39 is 0 Å². The molecule has 1 aromatic carbocycles. The van der Waals surface area contributed by atoms with Crippen LogP contribution in [0.5, 0.6) is 0 Å². The molecule has 0 saturated carbocycles. The molecule has 1 aromatic rings. The summed E-state index contributed by atoms with van der Waals surface area (Å²) in [5.74, 6) is 1.93. The van der Waals surface area contributed by atoms with Gasteiger partial charge in [-0.2, -0.15) is 29.7 Å². The van der Waals surface area contributed by atoms with Gasteiger partial charge in [-0.3, -0.25) is 0 Å². The average molecular weight is 252 g/mol. The normalized spacial score (nSPS) is 12.1. The van der Waals surface area contributed by atoms with Crippen molar-refractivity contribution in [3.05, 3.63) is 35.4 Å². The summed E-state index contributed by atoms with van der Waals surface area (Å²) in [4.78, 5) is 0. The first-order chi connectivity index (χ1) is 7.74. The van der Waals surface area contributed by atoms with Gasteiger partial charge in [-0.15, -0.1) is 0 Å². The molecule has 0 saturated heterocycles. The summed E-state index contributed by atoms with van der Waals surface area (Å²) in [5, 5.41) is 12.4. The monoisotopic (exact) mass is 252 g/mol. The predicted octanol–water partition coefficient (Wildman–Crippen LogP) is 2.66. The predicted molar refractivity (Wildman–Crippen MR) is 73.8 cm³/mol. The number of thiol groups is 1. The summed E-state index contributed by atoms with van der Waals surface area (Å²) < 4.78 is 0. The molecule has 86 valence electrons. The second-order valence-corrected chi connectivity index (χ2v) is 5.33. The van der Waals surface area contributed by atoms with Crippen LogP contribution in [0.3, 0.4) is 0 Å².